The molecule has 0 N–H and O–H groups in total. The highest BCUT2D eigenvalue weighted by atomic mass is 16.5. The maximum atomic E-state index is 11.0. The molecule has 0 aliphatic rings. The predicted molar refractivity (Wildman–Crippen MR) is 150 cm³/mol. The molecule has 0 saturated heterocycles. The van der Waals surface area contributed by atoms with Gasteiger partial charge in [0.1, 0.15) is 5.75 Å². The van der Waals surface area contributed by atoms with E-state index in [1.54, 1.807) is 6.21 Å². The Morgan fingerprint density at radius 2 is 1.42 bits per heavy atom. The third-order valence-electron chi connectivity index (χ3n) is 5.10. The summed E-state index contributed by atoms with van der Waals surface area (Å²) in [4.78, 5) is 26.3. The minimum atomic E-state index is -0.410. The lowest BCUT2D eigenvalue weighted by molar-refractivity contribution is -0.138. The number of benzene rings is 2. The van der Waals surface area contributed by atoms with E-state index in [2.05, 4.69) is 41.8 Å². The average Bonchev–Trinajstić information content (AvgIpc) is 2.93. The molecule has 0 amide bonds. The van der Waals surface area contributed by atoms with Gasteiger partial charge in [-0.2, -0.15) is 0 Å². The molecule has 0 aliphatic heterocycles. The van der Waals surface area contributed by atoms with E-state index in [-0.39, 0.29) is 5.97 Å². The summed E-state index contributed by atoms with van der Waals surface area (Å²) >= 11 is 0. The molecule has 0 fully saturated rings. The fourth-order valence-corrected chi connectivity index (χ4v) is 3.10. The van der Waals surface area contributed by atoms with Crippen LogP contribution in [0, 0.1) is 30.6 Å². The van der Waals surface area contributed by atoms with E-state index in [0.717, 1.165) is 53.5 Å². The molecule has 2 aromatic carbocycles. The molecule has 0 radical (unpaired) electrons. The molecule has 196 valence electrons. The van der Waals surface area contributed by atoms with Gasteiger partial charge < -0.3 is 14.2 Å². The molecule has 0 heterocycles. The van der Waals surface area contributed by atoms with Gasteiger partial charge in [0.2, 0.25) is 0 Å². The number of hydrogen-bond acceptors (Lipinski definition) is 6. The molecular weight excluding hydrogens is 478 g/mol. The van der Waals surface area contributed by atoms with E-state index in [1.165, 1.54) is 6.08 Å². The summed E-state index contributed by atoms with van der Waals surface area (Å²) in [5.74, 6) is 11.9. The number of rotatable bonds is 14. The van der Waals surface area contributed by atoms with Crippen molar-refractivity contribution < 1.29 is 23.8 Å². The molecule has 0 spiro atoms. The standard InChI is InChI=1S/C32H33NO5/c1-4-31(34)37-23-11-6-10-22-36-30-20-17-28(25-26(30)3)14-8-7-13-27-15-18-29(19-16-27)33-21-9-12-24-38-32(35)5-2/h4-5,15-21,25H,1-2,6,9-12,22-24H2,3H3. The first kappa shape index (κ1) is 29.7. The first-order chi connectivity index (χ1) is 18.5. The fourth-order valence-electron chi connectivity index (χ4n) is 3.10. The molecule has 2 aromatic rings. The van der Waals surface area contributed by atoms with Gasteiger partial charge in [0, 0.05) is 29.5 Å². The van der Waals surface area contributed by atoms with E-state index in [0.29, 0.717) is 32.7 Å². The molecule has 6 nitrogen and oxygen atoms in total. The number of ether oxygens (including phenoxy) is 3. The van der Waals surface area contributed by atoms with Crippen LogP contribution in [-0.2, 0) is 19.1 Å². The number of aliphatic imine (C=N–C) groups is 1. The minimum absolute atomic E-state index is 0.350. The van der Waals surface area contributed by atoms with Crippen molar-refractivity contribution >= 4 is 23.8 Å². The van der Waals surface area contributed by atoms with Crippen molar-refractivity contribution in [2.45, 2.75) is 39.0 Å². The molecule has 38 heavy (non-hydrogen) atoms. The molecule has 0 unspecified atom stereocenters. The van der Waals surface area contributed by atoms with E-state index in [1.807, 2.05) is 49.4 Å². The van der Waals surface area contributed by atoms with Crippen LogP contribution in [0.2, 0.25) is 0 Å². The summed E-state index contributed by atoms with van der Waals surface area (Å²) in [5.41, 5.74) is 3.57. The molecule has 0 atom stereocenters. The highest BCUT2D eigenvalue weighted by molar-refractivity contribution is 5.81. The molecule has 0 aliphatic carbocycles. The van der Waals surface area contributed by atoms with E-state index < -0.39 is 5.97 Å². The molecule has 2 rings (SSSR count). The Labute approximate surface area is 225 Å². The zero-order chi connectivity index (χ0) is 27.4. The fraction of sp³-hybridized carbons (Fsp3) is 0.281. The number of hydrogen-bond donors (Lipinski definition) is 0. The van der Waals surface area contributed by atoms with Crippen LogP contribution < -0.4 is 4.74 Å². The van der Waals surface area contributed by atoms with Crippen LogP contribution in [0.5, 0.6) is 5.75 Å². The lowest BCUT2D eigenvalue weighted by Crippen LogP contribution is -2.03. The molecule has 0 aromatic heterocycles. The topological polar surface area (TPSA) is 74.2 Å². The first-order valence-corrected chi connectivity index (χ1v) is 12.5. The van der Waals surface area contributed by atoms with Crippen molar-refractivity contribution in [1.82, 2.24) is 0 Å². The van der Waals surface area contributed by atoms with Gasteiger partial charge in [-0.3, -0.25) is 4.99 Å². The van der Waals surface area contributed by atoms with Gasteiger partial charge in [-0.25, -0.2) is 9.59 Å². The maximum absolute atomic E-state index is 11.0. The van der Waals surface area contributed by atoms with Crippen LogP contribution in [0.3, 0.4) is 0 Å². The molecular formula is C32H33NO5. The highest BCUT2D eigenvalue weighted by Gasteiger charge is 2.01. The van der Waals surface area contributed by atoms with Gasteiger partial charge in [0.25, 0.3) is 0 Å². The Hall–Kier alpha value is -4.55. The van der Waals surface area contributed by atoms with Crippen LogP contribution >= 0.6 is 0 Å². The SMILES string of the molecule is C=CC(=O)OCCCC=Nc1ccc(C#CC#Cc2ccc(OCCCCCOC(=O)C=C)c(C)c2)cc1. The lowest BCUT2D eigenvalue weighted by atomic mass is 10.1. The average molecular weight is 512 g/mol. The highest BCUT2D eigenvalue weighted by Crippen LogP contribution is 2.19. The largest absolute Gasteiger partial charge is 0.493 e. The Morgan fingerprint density at radius 1 is 0.816 bits per heavy atom. The summed E-state index contributed by atoms with van der Waals surface area (Å²) in [6.45, 7) is 10.1. The van der Waals surface area contributed by atoms with Crippen molar-refractivity contribution in [3.63, 3.8) is 0 Å². The van der Waals surface area contributed by atoms with Crippen LogP contribution in [0.15, 0.2) is 72.8 Å². The Kier molecular flexibility index (Phi) is 13.9. The zero-order valence-corrected chi connectivity index (χ0v) is 21.8. The van der Waals surface area contributed by atoms with Gasteiger partial charge in [0.15, 0.2) is 0 Å². The second-order valence-corrected chi connectivity index (χ2v) is 8.13. The van der Waals surface area contributed by atoms with Gasteiger partial charge in [-0.15, -0.1) is 0 Å². The van der Waals surface area contributed by atoms with Crippen molar-refractivity contribution in [1.29, 1.82) is 0 Å². The van der Waals surface area contributed by atoms with E-state index >= 15 is 0 Å². The number of carbonyl (C=O) groups is 2. The number of aryl methyl sites for hydroxylation is 1. The second-order valence-electron chi connectivity index (χ2n) is 8.13. The smallest absolute Gasteiger partial charge is 0.330 e. The third-order valence-corrected chi connectivity index (χ3v) is 5.10. The van der Waals surface area contributed by atoms with E-state index in [4.69, 9.17) is 14.2 Å². The zero-order valence-electron chi connectivity index (χ0n) is 21.8. The summed E-state index contributed by atoms with van der Waals surface area (Å²) in [5, 5.41) is 0. The summed E-state index contributed by atoms with van der Waals surface area (Å²) in [6.07, 6.45) is 8.14. The number of carbonyl (C=O) groups excluding carboxylic acids is 2. The van der Waals surface area contributed by atoms with Gasteiger partial charge in [-0.05, 0) is 98.9 Å². The number of nitrogens with zero attached hydrogens (tertiary/aromatic N) is 1. The monoisotopic (exact) mass is 511 g/mol. The second kappa shape index (κ2) is 17.8. The van der Waals surface area contributed by atoms with Crippen molar-refractivity contribution in [3.8, 4) is 29.4 Å². The quantitative estimate of drug-likeness (QED) is 0.104. The Morgan fingerprint density at radius 3 is 2.08 bits per heavy atom. The normalized spacial score (nSPS) is 9.92. The minimum Gasteiger partial charge on any atom is -0.493 e. The Balaban J connectivity index is 1.74. The molecule has 6 heteroatoms. The van der Waals surface area contributed by atoms with Crippen LogP contribution in [0.25, 0.3) is 0 Å². The van der Waals surface area contributed by atoms with Crippen LogP contribution in [-0.4, -0.2) is 38.0 Å². The third kappa shape index (κ3) is 12.4. The van der Waals surface area contributed by atoms with Gasteiger partial charge in [0.05, 0.1) is 25.5 Å². The van der Waals surface area contributed by atoms with Gasteiger partial charge >= 0.3 is 11.9 Å². The molecule has 0 saturated carbocycles. The van der Waals surface area contributed by atoms with E-state index in [9.17, 15) is 9.59 Å². The van der Waals surface area contributed by atoms with Crippen LogP contribution in [0.4, 0.5) is 5.69 Å². The first-order valence-electron chi connectivity index (χ1n) is 12.5. The van der Waals surface area contributed by atoms with Crippen molar-refractivity contribution in [2.75, 3.05) is 19.8 Å². The van der Waals surface area contributed by atoms with Crippen LogP contribution in [0.1, 0.15) is 48.8 Å². The predicted octanol–water partition coefficient (Wildman–Crippen LogP) is 5.89. The lowest BCUT2D eigenvalue weighted by Gasteiger charge is -2.09. The number of esters is 2. The maximum Gasteiger partial charge on any atom is 0.330 e. The molecule has 0 bridgehead atoms. The van der Waals surface area contributed by atoms with Gasteiger partial charge in [-0.1, -0.05) is 25.0 Å². The van der Waals surface area contributed by atoms with Crippen molar-refractivity contribution in [3.05, 3.63) is 84.5 Å². The Bertz CT molecular complexity index is 1240. The summed E-state index contributed by atoms with van der Waals surface area (Å²) in [6, 6.07) is 13.4. The summed E-state index contributed by atoms with van der Waals surface area (Å²) < 4.78 is 15.7. The number of unbranched alkanes of at least 4 members (excludes halogenated alkanes) is 3. The van der Waals surface area contributed by atoms with Crippen molar-refractivity contribution in [2.24, 2.45) is 4.99 Å². The summed E-state index contributed by atoms with van der Waals surface area (Å²) in [7, 11) is 0.